The van der Waals surface area contributed by atoms with E-state index in [2.05, 4.69) is 42.6 Å². The first-order valence-corrected chi connectivity index (χ1v) is 11.1. The van der Waals surface area contributed by atoms with Gasteiger partial charge in [0.2, 0.25) is 0 Å². The van der Waals surface area contributed by atoms with Gasteiger partial charge in [0.15, 0.2) is 11.5 Å². The van der Waals surface area contributed by atoms with Crippen LogP contribution in [-0.4, -0.2) is 56.7 Å². The number of aryl methyl sites for hydroxylation is 1. The number of phenols is 1. The molecule has 1 aliphatic rings. The standard InChI is InChI=1S/C25H29N5O2/c1-15-26-21-13-22(31)17(12-23(21)32-15)18-6-7-20-19(27-18)8-9-24(28-20)30-11-10-16(14-30)29(5)25(2,3)4/h6-9,12-13,16,31H,10-11,14H2,1-5H3/t16-/m0/s1. The van der Waals surface area contributed by atoms with E-state index < -0.39 is 0 Å². The number of benzene rings is 1. The summed E-state index contributed by atoms with van der Waals surface area (Å²) in [5, 5.41) is 10.5. The Morgan fingerprint density at radius 1 is 1.03 bits per heavy atom. The first-order valence-electron chi connectivity index (χ1n) is 11.1. The van der Waals surface area contributed by atoms with Gasteiger partial charge in [-0.05, 0) is 64.6 Å². The lowest BCUT2D eigenvalue weighted by atomic mass is 10.0. The van der Waals surface area contributed by atoms with Gasteiger partial charge < -0.3 is 14.4 Å². The summed E-state index contributed by atoms with van der Waals surface area (Å²) in [6.07, 6.45) is 1.13. The van der Waals surface area contributed by atoms with Gasteiger partial charge >= 0.3 is 0 Å². The number of oxazole rings is 1. The average molecular weight is 432 g/mol. The molecule has 5 rings (SSSR count). The Labute approximate surface area is 187 Å². The Morgan fingerprint density at radius 2 is 1.78 bits per heavy atom. The van der Waals surface area contributed by atoms with Crippen molar-refractivity contribution in [3.63, 3.8) is 0 Å². The molecule has 1 aliphatic heterocycles. The van der Waals surface area contributed by atoms with E-state index in [9.17, 15) is 5.11 Å². The topological polar surface area (TPSA) is 78.5 Å². The van der Waals surface area contributed by atoms with Crippen molar-refractivity contribution >= 4 is 28.0 Å². The van der Waals surface area contributed by atoms with Crippen LogP contribution in [0.2, 0.25) is 0 Å². The molecule has 0 amide bonds. The molecule has 1 aromatic carbocycles. The van der Waals surface area contributed by atoms with Crippen molar-refractivity contribution in [1.29, 1.82) is 0 Å². The minimum atomic E-state index is 0.133. The van der Waals surface area contributed by atoms with E-state index in [4.69, 9.17) is 14.4 Å². The average Bonchev–Trinajstić information content (AvgIpc) is 3.37. The molecule has 7 nitrogen and oxygen atoms in total. The number of anilines is 1. The molecular weight excluding hydrogens is 402 g/mol. The highest BCUT2D eigenvalue weighted by Gasteiger charge is 2.31. The number of nitrogens with zero attached hydrogens (tertiary/aromatic N) is 5. The zero-order valence-corrected chi connectivity index (χ0v) is 19.3. The number of aromatic hydroxyl groups is 1. The fourth-order valence-corrected chi connectivity index (χ4v) is 4.42. The molecule has 1 fully saturated rings. The second-order valence-corrected chi connectivity index (χ2v) is 9.64. The number of hydrogen-bond acceptors (Lipinski definition) is 7. The Balaban J connectivity index is 1.43. The molecule has 3 aromatic heterocycles. The third-order valence-electron chi connectivity index (χ3n) is 6.51. The third kappa shape index (κ3) is 3.66. The van der Waals surface area contributed by atoms with Crippen molar-refractivity contribution < 1.29 is 9.52 Å². The molecular formula is C25H29N5O2. The largest absolute Gasteiger partial charge is 0.507 e. The van der Waals surface area contributed by atoms with Gasteiger partial charge in [0, 0.05) is 43.2 Å². The van der Waals surface area contributed by atoms with Crippen LogP contribution < -0.4 is 4.90 Å². The summed E-state index contributed by atoms with van der Waals surface area (Å²) in [4.78, 5) is 18.7. The minimum Gasteiger partial charge on any atom is -0.507 e. The number of fused-ring (bicyclic) bond motifs is 2. The molecule has 0 bridgehead atoms. The summed E-state index contributed by atoms with van der Waals surface area (Å²) in [6.45, 7) is 10.5. The van der Waals surface area contributed by atoms with Crippen LogP contribution in [0.1, 0.15) is 33.1 Å². The molecule has 32 heavy (non-hydrogen) atoms. The lowest BCUT2D eigenvalue weighted by Crippen LogP contribution is -2.46. The van der Waals surface area contributed by atoms with Gasteiger partial charge in [-0.1, -0.05) is 0 Å². The Bertz CT molecular complexity index is 1310. The normalized spacial score (nSPS) is 17.2. The smallest absolute Gasteiger partial charge is 0.192 e. The summed E-state index contributed by atoms with van der Waals surface area (Å²) in [7, 11) is 2.21. The highest BCUT2D eigenvalue weighted by molar-refractivity contribution is 5.86. The number of phenolic OH excluding ortho intramolecular Hbond substituents is 1. The van der Waals surface area contributed by atoms with Crippen molar-refractivity contribution in [3.8, 4) is 17.0 Å². The van der Waals surface area contributed by atoms with Crippen molar-refractivity contribution in [2.24, 2.45) is 0 Å². The molecule has 0 aliphatic carbocycles. The predicted octanol–water partition coefficient (Wildman–Crippen LogP) is 4.76. The van der Waals surface area contributed by atoms with Crippen LogP contribution in [0.25, 0.3) is 33.4 Å². The van der Waals surface area contributed by atoms with Crippen LogP contribution in [0.4, 0.5) is 5.82 Å². The Hall–Kier alpha value is -3.19. The van der Waals surface area contributed by atoms with E-state index >= 15 is 0 Å². The first kappa shape index (κ1) is 20.7. The van der Waals surface area contributed by atoms with Crippen molar-refractivity contribution in [1.82, 2.24) is 19.9 Å². The Morgan fingerprint density at radius 3 is 2.56 bits per heavy atom. The van der Waals surface area contributed by atoms with Gasteiger partial charge in [0.25, 0.3) is 0 Å². The predicted molar refractivity (Wildman–Crippen MR) is 127 cm³/mol. The quantitative estimate of drug-likeness (QED) is 0.501. The van der Waals surface area contributed by atoms with E-state index in [1.165, 1.54) is 0 Å². The molecule has 0 radical (unpaired) electrons. The van der Waals surface area contributed by atoms with E-state index in [0.717, 1.165) is 36.4 Å². The monoisotopic (exact) mass is 431 g/mol. The zero-order valence-electron chi connectivity index (χ0n) is 19.3. The maximum Gasteiger partial charge on any atom is 0.192 e. The molecule has 4 aromatic rings. The van der Waals surface area contributed by atoms with E-state index in [1.807, 2.05) is 24.3 Å². The summed E-state index contributed by atoms with van der Waals surface area (Å²) < 4.78 is 5.62. The molecule has 1 N–H and O–H groups in total. The van der Waals surface area contributed by atoms with Crippen molar-refractivity contribution in [3.05, 3.63) is 42.3 Å². The zero-order chi connectivity index (χ0) is 22.6. The summed E-state index contributed by atoms with van der Waals surface area (Å²) in [5.74, 6) is 1.68. The number of pyridine rings is 2. The van der Waals surface area contributed by atoms with Crippen molar-refractivity contribution in [2.75, 3.05) is 25.0 Å². The molecule has 1 saturated heterocycles. The van der Waals surface area contributed by atoms with E-state index in [1.54, 1.807) is 19.1 Å². The highest BCUT2D eigenvalue weighted by Crippen LogP contribution is 2.34. The molecule has 166 valence electrons. The van der Waals surface area contributed by atoms with Gasteiger partial charge in [-0.2, -0.15) is 0 Å². The minimum absolute atomic E-state index is 0.133. The maximum atomic E-state index is 10.5. The first-order chi connectivity index (χ1) is 15.2. The van der Waals surface area contributed by atoms with Crippen LogP contribution in [0.5, 0.6) is 5.75 Å². The Kier molecular flexibility index (Phi) is 4.82. The number of aromatic nitrogens is 3. The summed E-state index contributed by atoms with van der Waals surface area (Å²) in [6, 6.07) is 11.8. The van der Waals surface area contributed by atoms with Gasteiger partial charge in [-0.15, -0.1) is 0 Å². The highest BCUT2D eigenvalue weighted by atomic mass is 16.3. The summed E-state index contributed by atoms with van der Waals surface area (Å²) >= 11 is 0. The van der Waals surface area contributed by atoms with Gasteiger partial charge in [-0.3, -0.25) is 4.90 Å². The van der Waals surface area contributed by atoms with Crippen LogP contribution in [0.3, 0.4) is 0 Å². The molecule has 1 atom stereocenters. The molecule has 0 unspecified atom stereocenters. The molecule has 4 heterocycles. The fourth-order valence-electron chi connectivity index (χ4n) is 4.42. The van der Waals surface area contributed by atoms with E-state index in [-0.39, 0.29) is 11.3 Å². The van der Waals surface area contributed by atoms with Crippen LogP contribution in [0, 0.1) is 6.92 Å². The van der Waals surface area contributed by atoms with Crippen molar-refractivity contribution in [2.45, 2.75) is 45.7 Å². The summed E-state index contributed by atoms with van der Waals surface area (Å²) in [5.41, 5.74) is 4.35. The number of likely N-dealkylation sites (N-methyl/N-ethyl adjacent to an activating group) is 1. The second kappa shape index (κ2) is 7.45. The molecule has 7 heteroatoms. The molecule has 0 spiro atoms. The van der Waals surface area contributed by atoms with Crippen LogP contribution in [-0.2, 0) is 0 Å². The lowest BCUT2D eigenvalue weighted by molar-refractivity contribution is 0.127. The molecule has 0 saturated carbocycles. The van der Waals surface area contributed by atoms with Gasteiger partial charge in [0.05, 0.1) is 16.7 Å². The van der Waals surface area contributed by atoms with Crippen LogP contribution >= 0.6 is 0 Å². The fraction of sp³-hybridized carbons (Fsp3) is 0.400. The van der Waals surface area contributed by atoms with Gasteiger partial charge in [0.1, 0.15) is 17.1 Å². The number of rotatable bonds is 3. The van der Waals surface area contributed by atoms with Gasteiger partial charge in [-0.25, -0.2) is 15.0 Å². The lowest BCUT2D eigenvalue weighted by Gasteiger charge is -2.36. The second-order valence-electron chi connectivity index (χ2n) is 9.64. The van der Waals surface area contributed by atoms with Crippen LogP contribution in [0.15, 0.2) is 40.8 Å². The maximum absolute atomic E-state index is 10.5. The third-order valence-corrected chi connectivity index (χ3v) is 6.51. The van der Waals surface area contributed by atoms with E-state index in [0.29, 0.717) is 34.3 Å². The SMILES string of the molecule is Cc1nc2cc(O)c(-c3ccc4nc(N5CC[C@H](N(C)C(C)(C)C)C5)ccc4n3)cc2o1. The number of hydrogen-bond donors (Lipinski definition) is 1.